The van der Waals surface area contributed by atoms with E-state index < -0.39 is 11.4 Å². The molecule has 0 aromatic heterocycles. The van der Waals surface area contributed by atoms with Gasteiger partial charge in [0.05, 0.1) is 0 Å². The molecule has 0 amide bonds. The van der Waals surface area contributed by atoms with Crippen LogP contribution in [0.1, 0.15) is 0 Å². The molecule has 66 valence electrons. The van der Waals surface area contributed by atoms with Crippen LogP contribution in [0.4, 0.5) is 0 Å². The summed E-state index contributed by atoms with van der Waals surface area (Å²) in [6.07, 6.45) is 0. The Bertz CT molecular complexity index is 316. The van der Waals surface area contributed by atoms with E-state index in [4.69, 9.17) is 4.55 Å². The largest absolute Gasteiger partial charge is 0.380 e. The maximum Gasteiger partial charge on any atom is 0.357 e. The van der Waals surface area contributed by atoms with Crippen LogP contribution in [0.25, 0.3) is 0 Å². The Morgan fingerprint density at radius 1 is 1.33 bits per heavy atom. The second-order valence-electron chi connectivity index (χ2n) is 1.88. The molecule has 0 aliphatic rings. The van der Waals surface area contributed by atoms with E-state index in [1.165, 1.54) is 0 Å². The molecule has 0 bridgehead atoms. The van der Waals surface area contributed by atoms with E-state index in [0.717, 1.165) is 8.95 Å². The highest BCUT2D eigenvalue weighted by molar-refractivity contribution is 9.13. The number of halogens is 2. The first-order valence-corrected chi connectivity index (χ1v) is 5.45. The van der Waals surface area contributed by atoms with E-state index in [2.05, 4.69) is 36.0 Å². The van der Waals surface area contributed by atoms with Gasteiger partial charge < -0.3 is 4.18 Å². The third-order valence-electron chi connectivity index (χ3n) is 1.06. The number of hydrogen-bond acceptors (Lipinski definition) is 2. The van der Waals surface area contributed by atoms with Crippen LogP contribution in [-0.4, -0.2) is 8.76 Å². The molecule has 0 fully saturated rings. The van der Waals surface area contributed by atoms with Crippen molar-refractivity contribution in [1.29, 1.82) is 0 Å². The third-order valence-corrected chi connectivity index (χ3v) is 3.27. The SMILES string of the molecule is O=S(O)Oc1ccc(Br)c(Br)c1. The van der Waals surface area contributed by atoms with Crippen LogP contribution in [0.5, 0.6) is 5.75 Å². The first kappa shape index (κ1) is 10.2. The van der Waals surface area contributed by atoms with Crippen molar-refractivity contribution >= 4 is 43.2 Å². The molecule has 3 nitrogen and oxygen atoms in total. The summed E-state index contributed by atoms with van der Waals surface area (Å²) in [5.41, 5.74) is 0. The summed E-state index contributed by atoms with van der Waals surface area (Å²) in [6.45, 7) is 0. The maximum absolute atomic E-state index is 10.2. The zero-order valence-electron chi connectivity index (χ0n) is 5.66. The van der Waals surface area contributed by atoms with Gasteiger partial charge in [-0.05, 0) is 50.1 Å². The average molecular weight is 316 g/mol. The van der Waals surface area contributed by atoms with E-state index in [9.17, 15) is 4.21 Å². The van der Waals surface area contributed by atoms with Gasteiger partial charge in [0.1, 0.15) is 5.75 Å². The molecule has 0 saturated heterocycles. The zero-order valence-corrected chi connectivity index (χ0v) is 9.65. The Morgan fingerprint density at radius 2 is 2.00 bits per heavy atom. The van der Waals surface area contributed by atoms with Crippen LogP contribution in [0, 0.1) is 0 Å². The summed E-state index contributed by atoms with van der Waals surface area (Å²) in [5.74, 6) is 0.339. The fraction of sp³-hybridized carbons (Fsp3) is 0. The number of hydrogen-bond donors (Lipinski definition) is 1. The fourth-order valence-electron chi connectivity index (χ4n) is 0.611. The Balaban J connectivity index is 2.89. The number of rotatable bonds is 2. The molecule has 1 aromatic carbocycles. The Labute approximate surface area is 88.9 Å². The lowest BCUT2D eigenvalue weighted by molar-refractivity contribution is 0.458. The molecule has 12 heavy (non-hydrogen) atoms. The topological polar surface area (TPSA) is 46.5 Å². The molecule has 0 radical (unpaired) electrons. The highest BCUT2D eigenvalue weighted by atomic mass is 79.9. The van der Waals surface area contributed by atoms with Gasteiger partial charge in [-0.3, -0.25) is 4.55 Å². The molecule has 0 aliphatic heterocycles. The predicted octanol–water partition coefficient (Wildman–Crippen LogP) is 2.73. The smallest absolute Gasteiger partial charge is 0.357 e. The van der Waals surface area contributed by atoms with Gasteiger partial charge in [0.15, 0.2) is 0 Å². The van der Waals surface area contributed by atoms with Crippen LogP contribution in [-0.2, 0) is 11.4 Å². The second kappa shape index (κ2) is 4.36. The summed E-state index contributed by atoms with van der Waals surface area (Å²) in [4.78, 5) is 0. The van der Waals surface area contributed by atoms with Gasteiger partial charge in [-0.1, -0.05) is 0 Å². The highest BCUT2D eigenvalue weighted by Gasteiger charge is 2.01. The number of benzene rings is 1. The Morgan fingerprint density at radius 3 is 2.50 bits per heavy atom. The van der Waals surface area contributed by atoms with Crippen LogP contribution in [0.3, 0.4) is 0 Å². The molecule has 0 spiro atoms. The van der Waals surface area contributed by atoms with Crippen molar-refractivity contribution in [2.45, 2.75) is 0 Å². The predicted molar refractivity (Wildman–Crippen MR) is 53.2 cm³/mol. The molecule has 1 N–H and O–H groups in total. The lowest BCUT2D eigenvalue weighted by atomic mass is 10.3. The van der Waals surface area contributed by atoms with E-state index in [1.807, 2.05) is 0 Å². The van der Waals surface area contributed by atoms with Gasteiger partial charge in [-0.2, -0.15) is 4.21 Å². The second-order valence-corrected chi connectivity index (χ2v) is 4.19. The third kappa shape index (κ3) is 2.85. The van der Waals surface area contributed by atoms with Gasteiger partial charge in [0, 0.05) is 8.95 Å². The molecule has 1 rings (SSSR count). The van der Waals surface area contributed by atoms with Crippen molar-refractivity contribution in [3.63, 3.8) is 0 Å². The highest BCUT2D eigenvalue weighted by Crippen LogP contribution is 2.27. The normalized spacial score (nSPS) is 12.6. The summed E-state index contributed by atoms with van der Waals surface area (Å²) in [5, 5.41) is 0. The first-order valence-electron chi connectivity index (χ1n) is 2.84. The summed E-state index contributed by atoms with van der Waals surface area (Å²) < 4.78 is 24.8. The minimum atomic E-state index is -2.27. The van der Waals surface area contributed by atoms with Crippen molar-refractivity contribution in [3.8, 4) is 5.75 Å². The van der Waals surface area contributed by atoms with Crippen molar-refractivity contribution in [1.82, 2.24) is 0 Å². The zero-order chi connectivity index (χ0) is 9.14. The van der Waals surface area contributed by atoms with Crippen molar-refractivity contribution in [2.24, 2.45) is 0 Å². The van der Waals surface area contributed by atoms with Gasteiger partial charge in [0.25, 0.3) is 0 Å². The van der Waals surface area contributed by atoms with E-state index in [1.54, 1.807) is 18.2 Å². The van der Waals surface area contributed by atoms with Crippen LogP contribution in [0.15, 0.2) is 27.1 Å². The minimum Gasteiger partial charge on any atom is -0.380 e. The van der Waals surface area contributed by atoms with Gasteiger partial charge in [-0.25, -0.2) is 0 Å². The summed E-state index contributed by atoms with van der Waals surface area (Å²) >= 11 is 4.22. The molecule has 0 aliphatic carbocycles. The standard InChI is InChI=1S/C6H4Br2O3S/c7-5-2-1-4(3-6(5)8)11-12(9)10/h1-3H,(H,9,10). The van der Waals surface area contributed by atoms with Crippen molar-refractivity contribution in [2.75, 3.05) is 0 Å². The first-order chi connectivity index (χ1) is 5.59. The van der Waals surface area contributed by atoms with Crippen LogP contribution >= 0.6 is 31.9 Å². The van der Waals surface area contributed by atoms with E-state index >= 15 is 0 Å². The molecule has 1 unspecified atom stereocenters. The Kier molecular flexibility index (Phi) is 3.70. The van der Waals surface area contributed by atoms with E-state index in [-0.39, 0.29) is 0 Å². The monoisotopic (exact) mass is 314 g/mol. The van der Waals surface area contributed by atoms with E-state index in [0.29, 0.717) is 5.75 Å². The lowest BCUT2D eigenvalue weighted by Gasteiger charge is -2.00. The minimum absolute atomic E-state index is 0.339. The average Bonchev–Trinajstić information content (AvgIpc) is 1.96. The maximum atomic E-state index is 10.2. The molecule has 6 heteroatoms. The van der Waals surface area contributed by atoms with Gasteiger partial charge in [0.2, 0.25) is 0 Å². The van der Waals surface area contributed by atoms with Gasteiger partial charge in [-0.15, -0.1) is 0 Å². The molecular formula is C6H4Br2O3S. The Hall–Kier alpha value is 0.0900. The summed E-state index contributed by atoms with van der Waals surface area (Å²) in [7, 11) is 0. The quantitative estimate of drug-likeness (QED) is 0.854. The molecule has 1 atom stereocenters. The van der Waals surface area contributed by atoms with Crippen molar-refractivity contribution in [3.05, 3.63) is 27.1 Å². The fourth-order valence-corrected chi connectivity index (χ4v) is 1.48. The molecule has 0 heterocycles. The van der Waals surface area contributed by atoms with Crippen molar-refractivity contribution < 1.29 is 12.9 Å². The summed E-state index contributed by atoms with van der Waals surface area (Å²) in [6, 6.07) is 4.90. The molecule has 1 aromatic rings. The lowest BCUT2D eigenvalue weighted by Crippen LogP contribution is -1.96. The van der Waals surface area contributed by atoms with Gasteiger partial charge >= 0.3 is 11.4 Å². The molecular weight excluding hydrogens is 312 g/mol. The van der Waals surface area contributed by atoms with Crippen LogP contribution in [0.2, 0.25) is 0 Å². The van der Waals surface area contributed by atoms with Crippen LogP contribution < -0.4 is 4.18 Å². The molecule has 0 saturated carbocycles.